The second kappa shape index (κ2) is 10.4. The molecule has 0 fully saturated rings. The van der Waals surface area contributed by atoms with E-state index in [9.17, 15) is 9.59 Å². The van der Waals surface area contributed by atoms with Crippen molar-refractivity contribution in [2.75, 3.05) is 26.4 Å². The first-order valence-electron chi connectivity index (χ1n) is 6.75. The number of esters is 1. The highest BCUT2D eigenvalue weighted by atomic mass is 28.4. The lowest BCUT2D eigenvalue weighted by atomic mass is 10.5. The molecule has 7 heteroatoms. The van der Waals surface area contributed by atoms with Crippen LogP contribution in [-0.2, 0) is 18.7 Å². The fraction of sp³-hybridized carbons (Fsp3) is 0.692. The molecule has 6 nitrogen and oxygen atoms in total. The molecule has 0 bridgehead atoms. The quantitative estimate of drug-likeness (QED) is 0.289. The highest BCUT2D eigenvalue weighted by Crippen LogP contribution is 2.12. The molecular weight excluding hydrogens is 278 g/mol. The Bertz CT molecular complexity index is 320. The van der Waals surface area contributed by atoms with Gasteiger partial charge in [-0.25, -0.2) is 9.59 Å². The van der Waals surface area contributed by atoms with Crippen LogP contribution in [0.1, 0.15) is 13.3 Å². The fourth-order valence-electron chi connectivity index (χ4n) is 1.55. The predicted molar refractivity (Wildman–Crippen MR) is 79.0 cm³/mol. The van der Waals surface area contributed by atoms with Crippen LogP contribution in [0, 0.1) is 0 Å². The number of rotatable bonds is 10. The molecule has 0 atom stereocenters. The highest BCUT2D eigenvalue weighted by Gasteiger charge is 2.20. The smallest absolute Gasteiger partial charge is 0.407 e. The average Bonchev–Trinajstić information content (AvgIpc) is 2.39. The molecule has 0 aromatic heterocycles. The molecule has 0 heterocycles. The Hall–Kier alpha value is -1.34. The van der Waals surface area contributed by atoms with Crippen molar-refractivity contribution in [3.8, 4) is 0 Å². The maximum Gasteiger partial charge on any atom is 0.407 e. The second-order valence-corrected chi connectivity index (χ2v) is 9.04. The van der Waals surface area contributed by atoms with Gasteiger partial charge in [-0.3, -0.25) is 0 Å². The molecule has 116 valence electrons. The number of carbonyl (C=O) groups is 2. The minimum absolute atomic E-state index is 0.0303. The zero-order chi connectivity index (χ0) is 15.4. The van der Waals surface area contributed by atoms with Crippen LogP contribution in [0.5, 0.6) is 0 Å². The van der Waals surface area contributed by atoms with Crippen LogP contribution in [0.2, 0.25) is 19.1 Å². The Labute approximate surface area is 121 Å². The summed E-state index contributed by atoms with van der Waals surface area (Å²) in [6.07, 6.45) is 1.42. The Morgan fingerprint density at radius 1 is 1.25 bits per heavy atom. The van der Waals surface area contributed by atoms with Gasteiger partial charge in [0.15, 0.2) is 8.32 Å². The molecule has 0 aliphatic carbocycles. The number of alkyl carbamates (subject to hydrolysis) is 1. The molecule has 0 unspecified atom stereocenters. The lowest BCUT2D eigenvalue weighted by Crippen LogP contribution is -2.32. The van der Waals surface area contributed by atoms with E-state index < -0.39 is 20.4 Å². The largest absolute Gasteiger partial charge is 0.459 e. The van der Waals surface area contributed by atoms with Crippen LogP contribution < -0.4 is 5.32 Å². The van der Waals surface area contributed by atoms with Crippen molar-refractivity contribution in [1.29, 1.82) is 0 Å². The molecular formula is C13H25NO5Si. The van der Waals surface area contributed by atoms with Crippen molar-refractivity contribution in [3.05, 3.63) is 12.7 Å². The van der Waals surface area contributed by atoms with Gasteiger partial charge < -0.3 is 19.2 Å². The Morgan fingerprint density at radius 2 is 1.90 bits per heavy atom. The van der Waals surface area contributed by atoms with Crippen molar-refractivity contribution in [2.45, 2.75) is 32.5 Å². The summed E-state index contributed by atoms with van der Waals surface area (Å²) in [5, 5.41) is 2.64. The van der Waals surface area contributed by atoms with Gasteiger partial charge in [0.25, 0.3) is 0 Å². The molecule has 0 aliphatic rings. The van der Waals surface area contributed by atoms with Gasteiger partial charge in [0.05, 0.1) is 0 Å². The SMILES string of the molecule is C=CC(=O)OCCOC(=O)NCCC[Si](C)(C)OCC. The second-order valence-electron chi connectivity index (χ2n) is 4.73. The Balaban J connectivity index is 3.54. The summed E-state index contributed by atoms with van der Waals surface area (Å²) in [7, 11) is -1.58. The van der Waals surface area contributed by atoms with Gasteiger partial charge in [0.1, 0.15) is 13.2 Å². The summed E-state index contributed by atoms with van der Waals surface area (Å²) in [6.45, 7) is 10.9. The zero-order valence-corrected chi connectivity index (χ0v) is 13.6. The Morgan fingerprint density at radius 3 is 2.50 bits per heavy atom. The van der Waals surface area contributed by atoms with E-state index in [0.29, 0.717) is 6.54 Å². The maximum atomic E-state index is 11.3. The molecule has 0 aromatic rings. The standard InChI is InChI=1S/C13H25NO5Si/c1-5-12(15)17-9-10-18-13(16)14-8-7-11-20(3,4)19-6-2/h5H,1,6-11H2,2-4H3,(H,14,16). The first-order chi connectivity index (χ1) is 9.41. The molecule has 20 heavy (non-hydrogen) atoms. The third kappa shape index (κ3) is 10.6. The van der Waals surface area contributed by atoms with Gasteiger partial charge in [0.2, 0.25) is 0 Å². The van der Waals surface area contributed by atoms with E-state index in [1.165, 1.54) is 0 Å². The van der Waals surface area contributed by atoms with E-state index in [4.69, 9.17) is 9.16 Å². The molecule has 0 radical (unpaired) electrons. The number of hydrogen-bond donors (Lipinski definition) is 1. The summed E-state index contributed by atoms with van der Waals surface area (Å²) in [6, 6.07) is 0.984. The fourth-order valence-corrected chi connectivity index (χ4v) is 3.51. The van der Waals surface area contributed by atoms with E-state index in [2.05, 4.69) is 29.7 Å². The van der Waals surface area contributed by atoms with Crippen LogP contribution in [0.15, 0.2) is 12.7 Å². The summed E-state index contributed by atoms with van der Waals surface area (Å²) >= 11 is 0. The molecule has 1 N–H and O–H groups in total. The lowest BCUT2D eigenvalue weighted by molar-refractivity contribution is -0.138. The van der Waals surface area contributed by atoms with Gasteiger partial charge in [-0.1, -0.05) is 6.58 Å². The van der Waals surface area contributed by atoms with E-state index in [-0.39, 0.29) is 13.2 Å². The van der Waals surface area contributed by atoms with Crippen molar-refractivity contribution in [1.82, 2.24) is 5.32 Å². The van der Waals surface area contributed by atoms with Crippen molar-refractivity contribution >= 4 is 20.4 Å². The summed E-state index contributed by atoms with van der Waals surface area (Å²) in [4.78, 5) is 22.0. The number of hydrogen-bond acceptors (Lipinski definition) is 5. The van der Waals surface area contributed by atoms with Gasteiger partial charge in [-0.15, -0.1) is 0 Å². The predicted octanol–water partition coefficient (Wildman–Crippen LogP) is 2.07. The van der Waals surface area contributed by atoms with Crippen LogP contribution >= 0.6 is 0 Å². The normalized spacial score (nSPS) is 10.8. The zero-order valence-electron chi connectivity index (χ0n) is 12.6. The molecule has 0 aliphatic heterocycles. The maximum absolute atomic E-state index is 11.3. The van der Waals surface area contributed by atoms with Gasteiger partial charge >= 0.3 is 12.1 Å². The first kappa shape index (κ1) is 18.7. The lowest BCUT2D eigenvalue weighted by Gasteiger charge is -2.21. The monoisotopic (exact) mass is 303 g/mol. The van der Waals surface area contributed by atoms with Crippen LogP contribution in [0.25, 0.3) is 0 Å². The molecule has 0 rings (SSSR count). The van der Waals surface area contributed by atoms with Crippen molar-refractivity contribution in [3.63, 3.8) is 0 Å². The highest BCUT2D eigenvalue weighted by molar-refractivity contribution is 6.71. The van der Waals surface area contributed by atoms with Crippen LogP contribution in [0.4, 0.5) is 4.79 Å². The number of carbonyl (C=O) groups excluding carboxylic acids is 2. The topological polar surface area (TPSA) is 73.9 Å². The van der Waals surface area contributed by atoms with Gasteiger partial charge in [-0.05, 0) is 32.5 Å². The Kier molecular flexibility index (Phi) is 9.74. The third-order valence-electron chi connectivity index (χ3n) is 2.49. The van der Waals surface area contributed by atoms with Crippen molar-refractivity contribution in [2.24, 2.45) is 0 Å². The molecule has 1 amide bonds. The first-order valence-corrected chi connectivity index (χ1v) is 9.86. The molecule has 0 spiro atoms. The summed E-state index contributed by atoms with van der Waals surface area (Å²) in [5.41, 5.74) is 0. The van der Waals surface area contributed by atoms with Crippen LogP contribution in [0.3, 0.4) is 0 Å². The van der Waals surface area contributed by atoms with E-state index in [1.807, 2.05) is 6.92 Å². The van der Waals surface area contributed by atoms with Crippen molar-refractivity contribution < 1.29 is 23.5 Å². The third-order valence-corrected chi connectivity index (χ3v) is 5.12. The number of ether oxygens (including phenoxy) is 2. The summed E-state index contributed by atoms with van der Waals surface area (Å²) < 4.78 is 15.2. The molecule has 0 saturated carbocycles. The van der Waals surface area contributed by atoms with Gasteiger partial charge in [0, 0.05) is 19.2 Å². The summed E-state index contributed by atoms with van der Waals surface area (Å²) in [5.74, 6) is -0.530. The van der Waals surface area contributed by atoms with E-state index in [0.717, 1.165) is 25.1 Å². The number of nitrogens with one attached hydrogen (secondary N) is 1. The molecule has 0 aromatic carbocycles. The van der Waals surface area contributed by atoms with Gasteiger partial charge in [-0.2, -0.15) is 0 Å². The molecule has 0 saturated heterocycles. The minimum Gasteiger partial charge on any atom is -0.459 e. The van der Waals surface area contributed by atoms with E-state index in [1.54, 1.807) is 0 Å². The van der Waals surface area contributed by atoms with E-state index >= 15 is 0 Å². The number of amides is 1. The van der Waals surface area contributed by atoms with Crippen LogP contribution in [-0.4, -0.2) is 46.7 Å². The average molecular weight is 303 g/mol. The minimum atomic E-state index is -1.58.